The summed E-state index contributed by atoms with van der Waals surface area (Å²) >= 11 is 0. The highest BCUT2D eigenvalue weighted by atomic mass is 31.2. The van der Waals surface area contributed by atoms with E-state index in [2.05, 4.69) is 98.9 Å². The molecule has 0 amide bonds. The van der Waals surface area contributed by atoms with Crippen LogP contribution in [0.25, 0.3) is 0 Å². The second-order valence-corrected chi connectivity index (χ2v) is 16.9. The van der Waals surface area contributed by atoms with Crippen LogP contribution in [0.3, 0.4) is 0 Å². The van der Waals surface area contributed by atoms with Crippen molar-refractivity contribution in [3.63, 3.8) is 0 Å². The van der Waals surface area contributed by atoms with Crippen molar-refractivity contribution < 1.29 is 58.3 Å². The van der Waals surface area contributed by atoms with Crippen molar-refractivity contribution in [1.29, 1.82) is 0 Å². The van der Waals surface area contributed by atoms with Gasteiger partial charge in [-0.25, -0.2) is 4.57 Å². The molecular formula is C48H81O12P. The van der Waals surface area contributed by atoms with Crippen molar-refractivity contribution in [2.75, 3.05) is 19.8 Å². The molecular weight excluding hydrogens is 799 g/mol. The lowest BCUT2D eigenvalue weighted by atomic mass is 9.85. The minimum absolute atomic E-state index is 0.0989. The molecule has 61 heavy (non-hydrogen) atoms. The van der Waals surface area contributed by atoms with Gasteiger partial charge < -0.3 is 39.9 Å². The second-order valence-electron chi connectivity index (χ2n) is 15.5. The molecule has 13 heteroatoms. The average molecular weight is 881 g/mol. The molecule has 1 aliphatic carbocycles. The lowest BCUT2D eigenvalue weighted by molar-refractivity contribution is -0.220. The molecule has 1 aliphatic rings. The van der Waals surface area contributed by atoms with Crippen LogP contribution in [0, 0.1) is 0 Å². The summed E-state index contributed by atoms with van der Waals surface area (Å²) in [6.07, 6.45) is 38.1. The molecule has 0 aromatic heterocycles. The maximum atomic E-state index is 12.8. The van der Waals surface area contributed by atoms with Crippen LogP contribution in [0.15, 0.2) is 85.1 Å². The van der Waals surface area contributed by atoms with Crippen molar-refractivity contribution in [3.8, 4) is 0 Å². The van der Waals surface area contributed by atoms with Crippen molar-refractivity contribution >= 4 is 13.8 Å². The van der Waals surface area contributed by atoms with Crippen LogP contribution in [-0.2, 0) is 27.9 Å². The number of phosphoric acid groups is 1. The quantitative estimate of drug-likeness (QED) is 0.0150. The highest BCUT2D eigenvalue weighted by Crippen LogP contribution is 2.47. The van der Waals surface area contributed by atoms with Gasteiger partial charge in [0.05, 0.1) is 13.2 Å². The van der Waals surface area contributed by atoms with E-state index in [1.165, 1.54) is 0 Å². The third-order valence-corrected chi connectivity index (χ3v) is 11.0. The van der Waals surface area contributed by atoms with E-state index in [0.717, 1.165) is 122 Å². The fourth-order valence-electron chi connectivity index (χ4n) is 6.36. The minimum atomic E-state index is -5.03. The maximum Gasteiger partial charge on any atom is 0.472 e. The topological polar surface area (TPSA) is 192 Å². The molecule has 0 aliphatic heterocycles. The number of aliphatic hydroxyl groups excluding tert-OH is 5. The number of allylic oxidation sites excluding steroid dienone is 14. The first-order valence-electron chi connectivity index (χ1n) is 22.9. The number of rotatable bonds is 37. The van der Waals surface area contributed by atoms with E-state index in [4.69, 9.17) is 18.5 Å². The van der Waals surface area contributed by atoms with Gasteiger partial charge in [0, 0.05) is 13.0 Å². The molecule has 0 aromatic carbocycles. The first-order valence-corrected chi connectivity index (χ1v) is 24.4. The molecule has 0 aromatic rings. The summed E-state index contributed by atoms with van der Waals surface area (Å²) in [4.78, 5) is 23.1. The second kappa shape index (κ2) is 38.0. The number of aliphatic hydroxyl groups is 5. The van der Waals surface area contributed by atoms with E-state index in [1.807, 2.05) is 0 Å². The van der Waals surface area contributed by atoms with Gasteiger partial charge in [-0.2, -0.15) is 0 Å². The molecule has 0 bridgehead atoms. The molecule has 350 valence electrons. The fourth-order valence-corrected chi connectivity index (χ4v) is 7.33. The Bertz CT molecular complexity index is 1330. The molecule has 6 unspecified atom stereocenters. The van der Waals surface area contributed by atoms with E-state index in [9.17, 15) is 39.8 Å². The zero-order chi connectivity index (χ0) is 44.8. The zero-order valence-electron chi connectivity index (χ0n) is 37.2. The lowest BCUT2D eigenvalue weighted by Crippen LogP contribution is -2.64. The van der Waals surface area contributed by atoms with Crippen LogP contribution < -0.4 is 0 Å². The summed E-state index contributed by atoms with van der Waals surface area (Å²) in [5.74, 6) is -0.501. The van der Waals surface area contributed by atoms with Crippen LogP contribution in [0.2, 0.25) is 0 Å². The van der Waals surface area contributed by atoms with Gasteiger partial charge in [-0.3, -0.25) is 13.8 Å². The maximum absolute atomic E-state index is 12.8. The van der Waals surface area contributed by atoms with E-state index in [1.54, 1.807) is 0 Å². The van der Waals surface area contributed by atoms with Crippen LogP contribution in [0.5, 0.6) is 0 Å². The Labute approximate surface area is 367 Å². The molecule has 12 nitrogen and oxygen atoms in total. The number of hydrogen-bond acceptors (Lipinski definition) is 11. The lowest BCUT2D eigenvalue weighted by Gasteiger charge is -2.41. The van der Waals surface area contributed by atoms with Gasteiger partial charge >= 0.3 is 13.8 Å². The molecule has 1 saturated carbocycles. The number of carbonyl (C=O) groups excluding carboxylic acids is 1. The summed E-state index contributed by atoms with van der Waals surface area (Å²) in [6, 6.07) is 0. The third kappa shape index (κ3) is 30.3. The van der Waals surface area contributed by atoms with Crippen molar-refractivity contribution in [2.24, 2.45) is 0 Å². The van der Waals surface area contributed by atoms with Crippen LogP contribution in [0.1, 0.15) is 149 Å². The number of ether oxygens (including phenoxy) is 2. The minimum Gasteiger partial charge on any atom is -0.457 e. The number of phosphoric ester groups is 1. The fraction of sp³-hybridized carbons (Fsp3) is 0.688. The normalized spacial score (nSPS) is 23.0. The molecule has 0 saturated heterocycles. The van der Waals surface area contributed by atoms with Gasteiger partial charge in [0.2, 0.25) is 0 Å². The monoisotopic (exact) mass is 881 g/mol. The Morgan fingerprint density at radius 1 is 0.541 bits per heavy atom. The predicted molar refractivity (Wildman–Crippen MR) is 244 cm³/mol. The van der Waals surface area contributed by atoms with Crippen LogP contribution >= 0.6 is 7.82 Å². The van der Waals surface area contributed by atoms with Gasteiger partial charge in [-0.05, 0) is 83.5 Å². The Morgan fingerprint density at radius 3 is 1.49 bits per heavy atom. The van der Waals surface area contributed by atoms with Gasteiger partial charge in [-0.15, -0.1) is 0 Å². The van der Waals surface area contributed by atoms with Gasteiger partial charge in [0.25, 0.3) is 0 Å². The van der Waals surface area contributed by atoms with Crippen molar-refractivity contribution in [1.82, 2.24) is 0 Å². The van der Waals surface area contributed by atoms with Crippen molar-refractivity contribution in [2.45, 2.75) is 191 Å². The Hall–Kier alpha value is -2.48. The molecule has 1 rings (SSSR count). The number of carbonyl (C=O) groups is 1. The van der Waals surface area contributed by atoms with E-state index in [0.29, 0.717) is 13.0 Å². The largest absolute Gasteiger partial charge is 0.472 e. The predicted octanol–water partition coefficient (Wildman–Crippen LogP) is 9.36. The average Bonchev–Trinajstić information content (AvgIpc) is 3.24. The standard InChI is InChI=1S/C48H81O12P/c1-3-5-7-9-11-13-15-16-17-18-19-20-21-22-23-24-25-26-27-28-30-32-34-36-38-57-39-41(59-42(49)37-35-33-31-29-14-12-10-8-6-4-2)40-58-61(55,56)60-48-46(53)44(51)43(50)45(52)47(48)54/h5,7-8,10-11,13,16-17,19-20,22-23,25-26,41,43-48,50-54H,3-4,6,9,12,14-15,18,21,24,27-40H2,1-2H3,(H,55,56)/b7-5-,10-8-,13-11-,17-16-,20-19-,23-22-,26-25-. The highest BCUT2D eigenvalue weighted by molar-refractivity contribution is 7.47. The summed E-state index contributed by atoms with van der Waals surface area (Å²) in [6.45, 7) is 4.00. The SMILES string of the molecule is CC/C=C\C/C=C\C/C=C\C/C=C\C/C=C\C/C=C\CCCCCCCOCC(COP(=O)(O)OC1C(O)C(O)C(O)C(O)C1O)OC(=O)CCCCCCC/C=C\CCC. The third-order valence-electron chi connectivity index (χ3n) is 9.98. The Balaban J connectivity index is 2.36. The van der Waals surface area contributed by atoms with Gasteiger partial charge in [-0.1, -0.05) is 144 Å². The van der Waals surface area contributed by atoms with E-state index < -0.39 is 63.1 Å². The summed E-state index contributed by atoms with van der Waals surface area (Å²) in [5.41, 5.74) is 0. The highest BCUT2D eigenvalue weighted by Gasteiger charge is 2.51. The van der Waals surface area contributed by atoms with E-state index in [-0.39, 0.29) is 13.0 Å². The van der Waals surface area contributed by atoms with Crippen LogP contribution in [0.4, 0.5) is 0 Å². The number of unbranched alkanes of at least 4 members (excludes halogenated alkanes) is 11. The molecule has 6 N–H and O–H groups in total. The summed E-state index contributed by atoms with van der Waals surface area (Å²) in [7, 11) is -5.03. The number of esters is 1. The van der Waals surface area contributed by atoms with Gasteiger partial charge in [0.1, 0.15) is 42.7 Å². The molecule has 0 radical (unpaired) electrons. The van der Waals surface area contributed by atoms with Crippen molar-refractivity contribution in [3.05, 3.63) is 85.1 Å². The molecule has 0 heterocycles. The molecule has 6 atom stereocenters. The smallest absolute Gasteiger partial charge is 0.457 e. The first-order chi connectivity index (χ1) is 29.5. The van der Waals surface area contributed by atoms with Crippen LogP contribution in [-0.4, -0.2) is 98.9 Å². The summed E-state index contributed by atoms with van der Waals surface area (Å²) in [5, 5.41) is 50.1. The number of hydrogen-bond donors (Lipinski definition) is 6. The Kier molecular flexibility index (Phi) is 35.2. The van der Waals surface area contributed by atoms with Gasteiger partial charge in [0.15, 0.2) is 0 Å². The summed E-state index contributed by atoms with van der Waals surface area (Å²) < 4.78 is 34.1. The molecule has 1 fully saturated rings. The van der Waals surface area contributed by atoms with E-state index >= 15 is 0 Å². The first kappa shape index (κ1) is 56.5. The molecule has 0 spiro atoms. The zero-order valence-corrected chi connectivity index (χ0v) is 38.1. The Morgan fingerprint density at radius 2 is 0.967 bits per heavy atom.